The molecule has 8 aromatic rings. The second-order valence-corrected chi connectivity index (χ2v) is 25.0. The smallest absolute Gasteiger partial charge is 0.349 e. The second-order valence-electron chi connectivity index (χ2n) is 25.0. The molecule has 4 aromatic carbocycles. The lowest BCUT2D eigenvalue weighted by atomic mass is 10.0. The van der Waals surface area contributed by atoms with Crippen LogP contribution in [0.5, 0.6) is 0 Å². The van der Waals surface area contributed by atoms with E-state index in [0.29, 0.717) is 55.9 Å². The molecule has 4 aromatic heterocycles. The molecule has 25 N–H and O–H groups in total. The maximum absolute atomic E-state index is 15.3. The van der Waals surface area contributed by atoms with Gasteiger partial charge in [0.1, 0.15) is 47.4 Å². The number of nitrogens with two attached hydrogens (primary N) is 4. The van der Waals surface area contributed by atoms with Crippen LogP contribution in [0.15, 0.2) is 125 Å². The Labute approximate surface area is 593 Å². The molecule has 0 fully saturated rings. The number of carboxylic acids is 1. The summed E-state index contributed by atoms with van der Waals surface area (Å²) in [5.41, 5.74) is 27.1. The van der Waals surface area contributed by atoms with E-state index < -0.39 is 95.2 Å². The van der Waals surface area contributed by atoms with Gasteiger partial charge in [-0.1, -0.05) is 54.6 Å². The van der Waals surface area contributed by atoms with Gasteiger partial charge in [0.25, 0.3) is 5.91 Å². The fraction of sp³-hybridized carbons (Fsp3) is 0.380. The Hall–Kier alpha value is -12.0. The van der Waals surface area contributed by atoms with E-state index in [9.17, 15) is 33.9 Å². The Balaban J connectivity index is 1.03. The van der Waals surface area contributed by atoms with Crippen molar-refractivity contribution in [2.75, 3.05) is 44.2 Å². The van der Waals surface area contributed by atoms with E-state index in [0.717, 1.165) is 29.7 Å². The normalized spacial score (nSPS) is 13.3. The van der Waals surface area contributed by atoms with Crippen molar-refractivity contribution in [3.8, 4) is 0 Å². The fourth-order valence-electron chi connectivity index (χ4n) is 12.2. The number of carbonyl (C=O) groups is 8. The summed E-state index contributed by atoms with van der Waals surface area (Å²) in [6.07, 6.45) is 5.36. The van der Waals surface area contributed by atoms with E-state index >= 15 is 14.4 Å². The van der Waals surface area contributed by atoms with Crippen LogP contribution in [0.2, 0.25) is 0 Å². The lowest BCUT2D eigenvalue weighted by Gasteiger charge is -2.28. The minimum Gasteiger partial charge on any atom is -0.480 e. The summed E-state index contributed by atoms with van der Waals surface area (Å²) in [7, 11) is 0. The van der Waals surface area contributed by atoms with Crippen LogP contribution in [-0.4, -0.2) is 167 Å². The largest absolute Gasteiger partial charge is 0.480 e. The molecule has 0 radical (unpaired) electrons. The zero-order chi connectivity index (χ0) is 74.1. The molecule has 0 bridgehead atoms. The van der Waals surface area contributed by atoms with E-state index in [4.69, 9.17) is 43.6 Å². The molecule has 0 spiro atoms. The van der Waals surface area contributed by atoms with Crippen molar-refractivity contribution >= 4 is 115 Å². The van der Waals surface area contributed by atoms with Crippen LogP contribution in [0.4, 0.5) is 5.69 Å². The molecule has 0 saturated heterocycles. The highest BCUT2D eigenvalue weighted by atomic mass is 16.4. The maximum Gasteiger partial charge on any atom is 0.349 e. The average Bonchev–Trinajstić information content (AvgIpc) is 1.40. The van der Waals surface area contributed by atoms with Gasteiger partial charge in [0.15, 0.2) is 17.9 Å². The summed E-state index contributed by atoms with van der Waals surface area (Å²) in [5.74, 6) is -8.06. The third-order valence-corrected chi connectivity index (χ3v) is 17.7. The minimum absolute atomic E-state index is 0.0325. The summed E-state index contributed by atoms with van der Waals surface area (Å²) >= 11 is 0. The number of anilines is 1. The molecule has 103 heavy (non-hydrogen) atoms. The molecular formula is C71H93N21O11. The van der Waals surface area contributed by atoms with Crippen LogP contribution in [0.1, 0.15) is 98.7 Å². The molecule has 8 rings (SSSR count). The summed E-state index contributed by atoms with van der Waals surface area (Å²) in [6.45, 7) is 5.91. The summed E-state index contributed by atoms with van der Waals surface area (Å²) in [5, 5.41) is 63.6. The van der Waals surface area contributed by atoms with E-state index in [1.807, 2.05) is 62.4 Å². The van der Waals surface area contributed by atoms with E-state index in [1.165, 1.54) is 6.07 Å². The number of fused-ring (bicyclic) bond motifs is 4. The first-order valence-electron chi connectivity index (χ1n) is 34.3. The molecule has 0 aliphatic carbocycles. The summed E-state index contributed by atoms with van der Waals surface area (Å²) < 4.78 is 5.55. The Morgan fingerprint density at radius 2 is 0.854 bits per heavy atom. The number of aliphatic carboxylic acids is 1. The standard InChI is InChI=1S/C71H93N21O11/c1-3-92(4-2)44-27-26-40-32-48(68(102)103-59(40)36-44)60(93)79-28-12-11-23-55(67(100)101)88-66(99)58(35-43-39-85-52-22-10-7-18-47(43)52)91-63(96)54(25-15-31-82-71(77)78)87-65(98)57(34-42-38-84-51-21-9-6-17-46(42)51)90-62(95)53(24-14-30-81-70(75)76)86-64(97)56(33-41-37-83-50-20-8-5-16-45(41)50)89-61(94)49(72)19-13-29-80-69(73)74/h5-10,16-18,20-22,26-27,32,36-39,49,53-58,83-85H,3-4,11-15,19,23-25,28-31,33-35,72H2,1-2H3,(H,79,93)(H,86,97)(H,87,98)(H,88,99)(H,89,94)(H,90,95)(H,91,96)(H,100,101)(H4,73,74,80)(H4,75,76,81)(H4,77,78,82)/t49-,53-,54-,55-,56-,57-,58-/m0/s1. The van der Waals surface area contributed by atoms with Crippen molar-refractivity contribution in [2.24, 2.45) is 22.9 Å². The minimum atomic E-state index is -1.51. The first-order chi connectivity index (χ1) is 49.5. The predicted molar refractivity (Wildman–Crippen MR) is 393 cm³/mol. The Bertz CT molecular complexity index is 4390. The van der Waals surface area contributed by atoms with Crippen molar-refractivity contribution in [3.63, 3.8) is 0 Å². The number of amides is 7. The lowest BCUT2D eigenvalue weighted by Crippen LogP contribution is -2.60. The highest BCUT2D eigenvalue weighted by Gasteiger charge is 2.35. The number of hydrogen-bond acceptors (Lipinski definition) is 15. The molecule has 0 aliphatic heterocycles. The molecule has 32 nitrogen and oxygen atoms in total. The number of H-pyrrole nitrogens is 3. The van der Waals surface area contributed by atoms with Gasteiger partial charge < -0.3 is 105 Å². The topological polar surface area (TPSA) is 534 Å². The number of guanidine groups is 3. The van der Waals surface area contributed by atoms with Gasteiger partial charge in [-0.3, -0.25) is 49.8 Å². The zero-order valence-corrected chi connectivity index (χ0v) is 57.5. The van der Waals surface area contributed by atoms with Crippen molar-refractivity contribution < 1.29 is 47.9 Å². The third kappa shape index (κ3) is 22.0. The van der Waals surface area contributed by atoms with Gasteiger partial charge in [-0.2, -0.15) is 0 Å². The first kappa shape index (κ1) is 76.8. The van der Waals surface area contributed by atoms with Crippen LogP contribution < -0.4 is 86.6 Å². The van der Waals surface area contributed by atoms with Crippen molar-refractivity contribution in [2.45, 2.75) is 133 Å². The van der Waals surface area contributed by atoms with Crippen molar-refractivity contribution in [1.82, 2.24) is 68.1 Å². The molecule has 0 unspecified atom stereocenters. The molecule has 32 heteroatoms. The molecule has 7 amide bonds. The Morgan fingerprint density at radius 3 is 1.28 bits per heavy atom. The number of benzene rings is 4. The predicted octanol–water partition coefficient (Wildman–Crippen LogP) is 1.82. The SMILES string of the molecule is CCN(CC)c1ccc2cc(C(=O)NCCCC[C@H](NC(=O)[C@H](Cc3c[nH]c4ccccc34)NC(=O)[C@H](CCCNC(=N)N)NC(=O)[C@H](Cc3c[nH]c4ccccc34)NC(=O)[C@H](CCCNC(=N)N)NC(=O)[C@H](Cc3c[nH]c4ccccc34)NC(=O)[C@@H](N)CCCNC(=N)N)C(=O)O)c(=O)oc2c1. The monoisotopic (exact) mass is 1420 g/mol. The number of para-hydroxylation sites is 3. The number of aromatic amines is 3. The van der Waals surface area contributed by atoms with Crippen LogP contribution in [-0.2, 0) is 52.8 Å². The molecule has 7 atom stereocenters. The molecule has 0 aliphatic rings. The van der Waals surface area contributed by atoms with Crippen LogP contribution in [0.25, 0.3) is 43.7 Å². The number of nitrogens with one attached hydrogen (secondary N) is 16. The Kier molecular flexibility index (Phi) is 27.9. The van der Waals surface area contributed by atoms with Gasteiger partial charge in [-0.25, -0.2) is 9.59 Å². The quantitative estimate of drug-likeness (QED) is 0.0113. The fourth-order valence-corrected chi connectivity index (χ4v) is 12.2. The number of hydrogen-bond donors (Lipinski definition) is 21. The zero-order valence-electron chi connectivity index (χ0n) is 57.5. The molecule has 4 heterocycles. The highest BCUT2D eigenvalue weighted by Crippen LogP contribution is 2.25. The Morgan fingerprint density at radius 1 is 0.476 bits per heavy atom. The van der Waals surface area contributed by atoms with Gasteiger partial charge >= 0.3 is 11.6 Å². The van der Waals surface area contributed by atoms with E-state index in [-0.39, 0.29) is 120 Å². The van der Waals surface area contributed by atoms with Gasteiger partial charge in [-0.15, -0.1) is 0 Å². The number of carbonyl (C=O) groups excluding carboxylic acids is 7. The number of aromatic nitrogens is 3. The average molecular weight is 1420 g/mol. The number of nitrogens with zero attached hydrogens (tertiary/aromatic N) is 1. The highest BCUT2D eigenvalue weighted by molar-refractivity contribution is 5.99. The van der Waals surface area contributed by atoms with Gasteiger partial charge in [0.2, 0.25) is 35.4 Å². The van der Waals surface area contributed by atoms with Crippen LogP contribution in [0.3, 0.4) is 0 Å². The van der Waals surface area contributed by atoms with Crippen LogP contribution >= 0.6 is 0 Å². The van der Waals surface area contributed by atoms with Gasteiger partial charge in [0, 0.05) is 127 Å². The van der Waals surface area contributed by atoms with E-state index in [1.54, 1.807) is 61.1 Å². The van der Waals surface area contributed by atoms with Gasteiger partial charge in [0.05, 0.1) is 6.04 Å². The summed E-state index contributed by atoms with van der Waals surface area (Å²) in [6, 6.07) is 18.7. The van der Waals surface area contributed by atoms with Crippen molar-refractivity contribution in [3.05, 3.63) is 148 Å². The summed E-state index contributed by atoms with van der Waals surface area (Å²) in [4.78, 5) is 140. The van der Waals surface area contributed by atoms with Crippen LogP contribution in [0, 0.1) is 16.2 Å². The first-order valence-corrected chi connectivity index (χ1v) is 34.3. The maximum atomic E-state index is 15.3. The molecular weight excluding hydrogens is 1320 g/mol. The molecule has 0 saturated carbocycles. The second kappa shape index (κ2) is 37.5. The molecule has 548 valence electrons. The third-order valence-electron chi connectivity index (χ3n) is 17.7. The number of unbranched alkanes of at least 4 members (excludes halogenated alkanes) is 1. The van der Waals surface area contributed by atoms with Gasteiger partial charge in [-0.05, 0) is 125 Å². The van der Waals surface area contributed by atoms with Crippen molar-refractivity contribution in [1.29, 1.82) is 16.2 Å². The lowest BCUT2D eigenvalue weighted by molar-refractivity contribution is -0.142. The van der Waals surface area contributed by atoms with E-state index in [2.05, 4.69) is 73.0 Å². The number of rotatable bonds is 40. The number of carboxylic acid groups (broad SMARTS) is 1.